The molecule has 0 bridgehead atoms. The minimum Gasteiger partial charge on any atom is -0.338 e. The number of hydrogen-bond donors (Lipinski definition) is 1. The van der Waals surface area contributed by atoms with Gasteiger partial charge in [0.15, 0.2) is 0 Å². The Labute approximate surface area is 171 Å². The van der Waals surface area contributed by atoms with Crippen LogP contribution < -0.4 is 5.32 Å². The Morgan fingerprint density at radius 1 is 1.29 bits per heavy atom. The molecule has 1 aliphatic carbocycles. The lowest BCUT2D eigenvalue weighted by Gasteiger charge is -2.22. The molecule has 6 nitrogen and oxygen atoms in total. The average molecular weight is 400 g/mol. The van der Waals surface area contributed by atoms with Crippen molar-refractivity contribution in [1.82, 2.24) is 25.2 Å². The third kappa shape index (κ3) is 3.14. The van der Waals surface area contributed by atoms with Crippen LogP contribution in [-0.4, -0.2) is 33.0 Å². The molecule has 5 rings (SSSR count). The van der Waals surface area contributed by atoms with Crippen LogP contribution in [0.3, 0.4) is 0 Å². The van der Waals surface area contributed by atoms with Crippen LogP contribution in [0.5, 0.6) is 0 Å². The van der Waals surface area contributed by atoms with Gasteiger partial charge >= 0.3 is 0 Å². The van der Waals surface area contributed by atoms with Gasteiger partial charge in [-0.25, -0.2) is 0 Å². The van der Waals surface area contributed by atoms with E-state index < -0.39 is 0 Å². The Kier molecular flexibility index (Phi) is 5.02. The van der Waals surface area contributed by atoms with Crippen molar-refractivity contribution in [2.24, 2.45) is 5.92 Å². The Balaban J connectivity index is 0.00000192. The molecule has 1 N–H and O–H groups in total. The fraction of sp³-hybridized carbons (Fsp3) is 0.476. The van der Waals surface area contributed by atoms with Gasteiger partial charge in [-0.1, -0.05) is 29.8 Å². The lowest BCUT2D eigenvalue weighted by Crippen LogP contribution is -2.31. The van der Waals surface area contributed by atoms with Gasteiger partial charge in [0, 0.05) is 17.8 Å². The van der Waals surface area contributed by atoms with E-state index in [1.165, 1.54) is 24.1 Å². The standard InChI is InChI=1S/C21H25N5O.ClH/c1-14-9-15(2)26(24-14)12-16-5-3-6-17(10-16)19-23-20(27-25-19)21-8-4-7-18(21)11-22-13-21;/h3,5-6,9-10,18,22H,4,7-8,11-13H2,1-2H3;1H/t18-,21-;/m1./s1. The van der Waals surface area contributed by atoms with Gasteiger partial charge in [-0.2, -0.15) is 10.1 Å². The van der Waals surface area contributed by atoms with Crippen molar-refractivity contribution in [2.75, 3.05) is 13.1 Å². The number of halogens is 1. The Morgan fingerprint density at radius 3 is 3.00 bits per heavy atom. The van der Waals surface area contributed by atoms with Crippen LogP contribution in [0.1, 0.15) is 42.1 Å². The van der Waals surface area contributed by atoms with E-state index >= 15 is 0 Å². The molecule has 2 fully saturated rings. The van der Waals surface area contributed by atoms with Crippen LogP contribution in [0, 0.1) is 19.8 Å². The van der Waals surface area contributed by atoms with Gasteiger partial charge in [0.1, 0.15) is 0 Å². The first-order valence-electron chi connectivity index (χ1n) is 9.79. The molecule has 1 aliphatic heterocycles. The number of hydrogen-bond acceptors (Lipinski definition) is 5. The highest BCUT2D eigenvalue weighted by Crippen LogP contribution is 2.47. The maximum Gasteiger partial charge on any atom is 0.234 e. The van der Waals surface area contributed by atoms with Crippen LogP contribution in [-0.2, 0) is 12.0 Å². The highest BCUT2D eigenvalue weighted by molar-refractivity contribution is 5.85. The Morgan fingerprint density at radius 2 is 2.18 bits per heavy atom. The van der Waals surface area contributed by atoms with Crippen molar-refractivity contribution in [2.45, 2.75) is 45.1 Å². The highest BCUT2D eigenvalue weighted by Gasteiger charge is 2.51. The number of aryl methyl sites for hydroxylation is 2. The van der Waals surface area contributed by atoms with Gasteiger partial charge in [-0.05, 0) is 56.8 Å². The number of nitrogens with zero attached hydrogens (tertiary/aromatic N) is 4. The fourth-order valence-corrected chi connectivity index (χ4v) is 4.86. The second-order valence-electron chi connectivity index (χ2n) is 8.08. The van der Waals surface area contributed by atoms with Crippen LogP contribution in [0.15, 0.2) is 34.9 Å². The molecular weight excluding hydrogens is 374 g/mol. The number of fused-ring (bicyclic) bond motifs is 1. The maximum absolute atomic E-state index is 5.77. The largest absolute Gasteiger partial charge is 0.338 e. The van der Waals surface area contributed by atoms with Crippen molar-refractivity contribution in [3.05, 3.63) is 53.2 Å². The first kappa shape index (κ1) is 19.2. The summed E-state index contributed by atoms with van der Waals surface area (Å²) in [5.74, 6) is 2.13. The fourth-order valence-electron chi connectivity index (χ4n) is 4.86. The molecule has 148 valence electrons. The molecule has 2 aromatic heterocycles. The third-order valence-electron chi connectivity index (χ3n) is 6.26. The molecule has 0 radical (unpaired) electrons. The maximum atomic E-state index is 5.77. The van der Waals surface area contributed by atoms with Crippen molar-refractivity contribution in [3.63, 3.8) is 0 Å². The van der Waals surface area contributed by atoms with Gasteiger partial charge in [0.2, 0.25) is 11.7 Å². The number of benzene rings is 1. The molecule has 28 heavy (non-hydrogen) atoms. The second kappa shape index (κ2) is 7.33. The molecule has 0 spiro atoms. The molecular formula is C21H26ClN5O. The van der Waals surface area contributed by atoms with E-state index in [0.29, 0.717) is 11.7 Å². The Bertz CT molecular complexity index is 969. The molecule has 1 aromatic carbocycles. The molecule has 1 saturated heterocycles. The summed E-state index contributed by atoms with van der Waals surface area (Å²) in [6.45, 7) is 6.87. The molecule has 7 heteroatoms. The normalized spacial score (nSPS) is 23.6. The van der Waals surface area contributed by atoms with Gasteiger partial charge in [-0.15, -0.1) is 12.4 Å². The van der Waals surface area contributed by atoms with Gasteiger partial charge in [0.25, 0.3) is 0 Å². The Hall–Kier alpha value is -2.18. The molecule has 0 amide bonds. The summed E-state index contributed by atoms with van der Waals surface area (Å²) < 4.78 is 7.80. The predicted molar refractivity (Wildman–Crippen MR) is 110 cm³/mol. The van der Waals surface area contributed by atoms with Crippen LogP contribution in [0.4, 0.5) is 0 Å². The summed E-state index contributed by atoms with van der Waals surface area (Å²) in [4.78, 5) is 4.83. The molecule has 2 atom stereocenters. The van der Waals surface area contributed by atoms with E-state index in [1.807, 2.05) is 11.6 Å². The van der Waals surface area contributed by atoms with E-state index in [9.17, 15) is 0 Å². The zero-order valence-corrected chi connectivity index (χ0v) is 17.1. The lowest BCUT2D eigenvalue weighted by atomic mass is 9.80. The van der Waals surface area contributed by atoms with Gasteiger partial charge < -0.3 is 9.84 Å². The quantitative estimate of drug-likeness (QED) is 0.725. The van der Waals surface area contributed by atoms with Crippen molar-refractivity contribution in [1.29, 1.82) is 0 Å². The first-order valence-corrected chi connectivity index (χ1v) is 9.79. The highest BCUT2D eigenvalue weighted by atomic mass is 35.5. The summed E-state index contributed by atoms with van der Waals surface area (Å²) in [5, 5.41) is 12.4. The number of nitrogens with one attached hydrogen (secondary N) is 1. The van der Waals surface area contributed by atoms with Crippen molar-refractivity contribution >= 4 is 12.4 Å². The first-order chi connectivity index (χ1) is 13.1. The lowest BCUT2D eigenvalue weighted by molar-refractivity contribution is 0.265. The summed E-state index contributed by atoms with van der Waals surface area (Å²) in [5.41, 5.74) is 4.44. The van der Waals surface area contributed by atoms with E-state index in [4.69, 9.17) is 9.51 Å². The molecule has 3 heterocycles. The minimum atomic E-state index is 0. The zero-order valence-electron chi connectivity index (χ0n) is 16.3. The van der Waals surface area contributed by atoms with E-state index in [2.05, 4.69) is 52.8 Å². The van der Waals surface area contributed by atoms with Crippen LogP contribution in [0.25, 0.3) is 11.4 Å². The van der Waals surface area contributed by atoms with Gasteiger partial charge in [0.05, 0.1) is 17.7 Å². The van der Waals surface area contributed by atoms with Crippen LogP contribution in [0.2, 0.25) is 0 Å². The van der Waals surface area contributed by atoms with E-state index in [0.717, 1.165) is 43.2 Å². The number of rotatable bonds is 4. The van der Waals surface area contributed by atoms with Gasteiger partial charge in [-0.3, -0.25) is 4.68 Å². The van der Waals surface area contributed by atoms with E-state index in [1.54, 1.807) is 0 Å². The number of aromatic nitrogens is 4. The van der Waals surface area contributed by atoms with Crippen molar-refractivity contribution < 1.29 is 4.52 Å². The average Bonchev–Trinajstić information content (AvgIpc) is 3.39. The second-order valence-corrected chi connectivity index (χ2v) is 8.08. The molecule has 2 aliphatic rings. The smallest absolute Gasteiger partial charge is 0.234 e. The third-order valence-corrected chi connectivity index (χ3v) is 6.26. The zero-order chi connectivity index (χ0) is 18.4. The van der Waals surface area contributed by atoms with Crippen LogP contribution >= 0.6 is 12.4 Å². The summed E-state index contributed by atoms with van der Waals surface area (Å²) in [7, 11) is 0. The predicted octanol–water partition coefficient (Wildman–Crippen LogP) is 3.66. The summed E-state index contributed by atoms with van der Waals surface area (Å²) >= 11 is 0. The minimum absolute atomic E-state index is 0. The monoisotopic (exact) mass is 399 g/mol. The molecule has 0 unspecified atom stereocenters. The van der Waals surface area contributed by atoms with Crippen molar-refractivity contribution in [3.8, 4) is 11.4 Å². The SMILES string of the molecule is Cc1cc(C)n(Cc2cccc(-c3noc([C@@]45CCC[C@@H]4CNC5)n3)c2)n1.Cl. The summed E-state index contributed by atoms with van der Waals surface area (Å²) in [6, 6.07) is 10.5. The topological polar surface area (TPSA) is 68.8 Å². The van der Waals surface area contributed by atoms with E-state index in [-0.39, 0.29) is 17.8 Å². The molecule has 1 saturated carbocycles. The molecule has 3 aromatic rings. The summed E-state index contributed by atoms with van der Waals surface area (Å²) in [6.07, 6.45) is 3.65.